The molecule has 0 aliphatic carbocycles. The summed E-state index contributed by atoms with van der Waals surface area (Å²) in [5, 5.41) is 14.2. The van der Waals surface area contributed by atoms with Crippen molar-refractivity contribution in [3.63, 3.8) is 0 Å². The van der Waals surface area contributed by atoms with Crippen molar-refractivity contribution in [2.45, 2.75) is 56.7 Å². The van der Waals surface area contributed by atoms with Crippen LogP contribution in [0.4, 0.5) is 26.3 Å². The zero-order valence-electron chi connectivity index (χ0n) is 20.1. The second kappa shape index (κ2) is 13.2. The van der Waals surface area contributed by atoms with Crippen LogP contribution in [-0.2, 0) is 25.6 Å². The van der Waals surface area contributed by atoms with Gasteiger partial charge >= 0.3 is 24.3 Å². The molecule has 3 aliphatic heterocycles. The lowest BCUT2D eigenvalue weighted by molar-refractivity contribution is -0.193. The van der Waals surface area contributed by atoms with Gasteiger partial charge in [0.25, 0.3) is 0 Å². The number of aliphatic carboxylic acids is 2. The molecule has 212 valence electrons. The number of likely N-dealkylation sites (tertiary alicyclic amines) is 1. The molecule has 0 radical (unpaired) electrons. The Morgan fingerprint density at radius 1 is 1.00 bits per heavy atom. The summed E-state index contributed by atoms with van der Waals surface area (Å²) in [7, 11) is 0. The zero-order valence-corrected chi connectivity index (χ0v) is 20.9. The van der Waals surface area contributed by atoms with E-state index >= 15 is 0 Å². The number of carboxylic acid groups (broad SMARTS) is 2. The van der Waals surface area contributed by atoms with Crippen LogP contribution in [0, 0.1) is 6.92 Å². The Kier molecular flexibility index (Phi) is 11.2. The molecule has 37 heavy (non-hydrogen) atoms. The number of ether oxygens (including phenoxy) is 2. The van der Waals surface area contributed by atoms with Crippen LogP contribution in [-0.4, -0.2) is 102 Å². The minimum Gasteiger partial charge on any atom is -0.475 e. The van der Waals surface area contributed by atoms with E-state index in [1.54, 1.807) is 0 Å². The lowest BCUT2D eigenvalue weighted by Gasteiger charge is -2.39. The van der Waals surface area contributed by atoms with Crippen molar-refractivity contribution in [3.8, 4) is 0 Å². The fourth-order valence-corrected chi connectivity index (χ4v) is 5.19. The molecule has 0 bridgehead atoms. The molecule has 1 atom stereocenters. The highest BCUT2D eigenvalue weighted by Crippen LogP contribution is 2.38. The molecule has 1 unspecified atom stereocenters. The first-order chi connectivity index (χ1) is 17.1. The Bertz CT molecular complexity index is 856. The molecule has 4 rings (SSSR count). The molecular weight excluding hydrogens is 534 g/mol. The molecule has 8 nitrogen and oxygen atoms in total. The average molecular weight is 565 g/mol. The third-order valence-corrected chi connectivity index (χ3v) is 7.16. The van der Waals surface area contributed by atoms with Gasteiger partial charge in [0.15, 0.2) is 0 Å². The minimum absolute atomic E-state index is 0.158. The smallest absolute Gasteiger partial charge is 0.475 e. The summed E-state index contributed by atoms with van der Waals surface area (Å²) in [5.41, 5.74) is 0.158. The van der Waals surface area contributed by atoms with Crippen LogP contribution in [0.2, 0.25) is 0 Å². The Hall–Kier alpha value is -1.94. The molecule has 4 heterocycles. The minimum atomic E-state index is -5.08. The van der Waals surface area contributed by atoms with Gasteiger partial charge < -0.3 is 19.7 Å². The molecule has 3 aliphatic rings. The van der Waals surface area contributed by atoms with Crippen molar-refractivity contribution in [3.05, 3.63) is 21.9 Å². The van der Waals surface area contributed by atoms with Crippen LogP contribution in [0.3, 0.4) is 0 Å². The molecule has 3 saturated heterocycles. The molecular formula is C22H30F6N2O6S. The lowest BCUT2D eigenvalue weighted by atomic mass is 9.87. The van der Waals surface area contributed by atoms with Gasteiger partial charge in [0, 0.05) is 48.5 Å². The second-order valence-corrected chi connectivity index (χ2v) is 10.3. The largest absolute Gasteiger partial charge is 0.490 e. The van der Waals surface area contributed by atoms with Gasteiger partial charge in [-0.3, -0.25) is 9.80 Å². The van der Waals surface area contributed by atoms with E-state index in [9.17, 15) is 26.3 Å². The number of carbonyl (C=O) groups is 2. The summed E-state index contributed by atoms with van der Waals surface area (Å²) in [6, 6.07) is 5.13. The monoisotopic (exact) mass is 564 g/mol. The fourth-order valence-electron chi connectivity index (χ4n) is 4.25. The van der Waals surface area contributed by atoms with E-state index in [0.717, 1.165) is 39.5 Å². The summed E-state index contributed by atoms with van der Waals surface area (Å²) < 4.78 is 75.3. The summed E-state index contributed by atoms with van der Waals surface area (Å²) in [6.07, 6.45) is -6.56. The van der Waals surface area contributed by atoms with Crippen molar-refractivity contribution >= 4 is 23.3 Å². The van der Waals surface area contributed by atoms with E-state index in [0.29, 0.717) is 6.04 Å². The number of alkyl halides is 6. The molecule has 0 aromatic carbocycles. The van der Waals surface area contributed by atoms with E-state index in [4.69, 9.17) is 29.3 Å². The van der Waals surface area contributed by atoms with Crippen molar-refractivity contribution < 1.29 is 55.6 Å². The highest BCUT2D eigenvalue weighted by atomic mass is 32.1. The Labute approximate surface area is 213 Å². The molecule has 1 spiro atoms. The van der Waals surface area contributed by atoms with E-state index in [1.165, 1.54) is 42.1 Å². The van der Waals surface area contributed by atoms with Crippen LogP contribution in [0.25, 0.3) is 0 Å². The third kappa shape index (κ3) is 10.4. The quantitative estimate of drug-likeness (QED) is 0.536. The Morgan fingerprint density at radius 3 is 1.95 bits per heavy atom. The van der Waals surface area contributed by atoms with Crippen LogP contribution in [0.5, 0.6) is 0 Å². The second-order valence-electron chi connectivity index (χ2n) is 8.89. The Morgan fingerprint density at radius 2 is 1.51 bits per heavy atom. The number of thiophene rings is 1. The van der Waals surface area contributed by atoms with E-state index in [1.807, 2.05) is 11.3 Å². The highest BCUT2D eigenvalue weighted by molar-refractivity contribution is 7.11. The molecule has 1 aromatic heterocycles. The summed E-state index contributed by atoms with van der Waals surface area (Å²) in [5.74, 6) is -5.51. The van der Waals surface area contributed by atoms with Gasteiger partial charge in [-0.15, -0.1) is 11.3 Å². The lowest BCUT2D eigenvalue weighted by Crippen LogP contribution is -2.46. The number of carboxylic acids is 2. The van der Waals surface area contributed by atoms with Gasteiger partial charge in [-0.1, -0.05) is 0 Å². The number of morpholine rings is 1. The normalized spacial score (nSPS) is 22.5. The van der Waals surface area contributed by atoms with Crippen molar-refractivity contribution in [1.82, 2.24) is 9.80 Å². The van der Waals surface area contributed by atoms with Gasteiger partial charge in [0.1, 0.15) is 0 Å². The first kappa shape index (κ1) is 31.3. The molecule has 3 fully saturated rings. The maximum atomic E-state index is 10.6. The average Bonchev–Trinajstić information content (AvgIpc) is 3.42. The summed E-state index contributed by atoms with van der Waals surface area (Å²) >= 11 is 1.93. The first-order valence-electron chi connectivity index (χ1n) is 11.4. The van der Waals surface area contributed by atoms with Gasteiger partial charge in [-0.2, -0.15) is 26.3 Å². The zero-order chi connectivity index (χ0) is 27.9. The standard InChI is InChI=1S/C18H28N2O2S.2C2HF3O2/c1-15-2-3-17(23-15)13-19-6-4-18(5-7-19)12-16(14-22-18)20-8-10-21-11-9-20;2*3-2(4,5)1(6)7/h2-3,16H,4-14H2,1H3;2*(H,6,7). The predicted octanol–water partition coefficient (Wildman–Crippen LogP) is 3.78. The number of halogens is 6. The maximum absolute atomic E-state index is 10.6. The van der Waals surface area contributed by atoms with Crippen molar-refractivity contribution in [2.24, 2.45) is 0 Å². The first-order valence-corrected chi connectivity index (χ1v) is 12.3. The summed E-state index contributed by atoms with van der Waals surface area (Å²) in [6.45, 7) is 10.5. The Balaban J connectivity index is 0.000000286. The molecule has 0 saturated carbocycles. The van der Waals surface area contributed by atoms with Gasteiger partial charge in [-0.25, -0.2) is 9.59 Å². The van der Waals surface area contributed by atoms with Crippen LogP contribution < -0.4 is 0 Å². The molecule has 15 heteroatoms. The maximum Gasteiger partial charge on any atom is 0.490 e. The van der Waals surface area contributed by atoms with Crippen LogP contribution in [0.15, 0.2) is 12.1 Å². The topological polar surface area (TPSA) is 99.5 Å². The van der Waals surface area contributed by atoms with E-state index in [-0.39, 0.29) is 5.60 Å². The van der Waals surface area contributed by atoms with Crippen molar-refractivity contribution in [2.75, 3.05) is 46.0 Å². The number of nitrogens with zero attached hydrogens (tertiary/aromatic N) is 2. The number of aryl methyl sites for hydroxylation is 1. The molecule has 1 aromatic rings. The fraction of sp³-hybridized carbons (Fsp3) is 0.727. The third-order valence-electron chi connectivity index (χ3n) is 6.18. The predicted molar refractivity (Wildman–Crippen MR) is 120 cm³/mol. The molecule has 0 amide bonds. The van der Waals surface area contributed by atoms with Gasteiger partial charge in [-0.05, 0) is 38.3 Å². The number of hydrogen-bond donors (Lipinski definition) is 2. The number of hydrogen-bond acceptors (Lipinski definition) is 7. The highest BCUT2D eigenvalue weighted by Gasteiger charge is 2.44. The number of rotatable bonds is 3. The van der Waals surface area contributed by atoms with Crippen LogP contribution >= 0.6 is 11.3 Å². The molecule has 2 N–H and O–H groups in total. The SMILES string of the molecule is Cc1ccc(CN2CCC3(CC2)CC(N2CCOCC2)CO3)s1.O=C(O)C(F)(F)F.O=C(O)C(F)(F)F. The van der Waals surface area contributed by atoms with Gasteiger partial charge in [0.05, 0.1) is 25.4 Å². The number of piperidine rings is 1. The summed E-state index contributed by atoms with van der Waals surface area (Å²) in [4.78, 5) is 25.9. The van der Waals surface area contributed by atoms with Gasteiger partial charge in [0.2, 0.25) is 0 Å². The van der Waals surface area contributed by atoms with Crippen LogP contribution in [0.1, 0.15) is 29.0 Å². The van der Waals surface area contributed by atoms with E-state index in [2.05, 4.69) is 28.9 Å². The van der Waals surface area contributed by atoms with Crippen molar-refractivity contribution in [1.29, 1.82) is 0 Å². The van der Waals surface area contributed by atoms with E-state index < -0.39 is 24.3 Å².